The summed E-state index contributed by atoms with van der Waals surface area (Å²) < 4.78 is 8.49. The van der Waals surface area contributed by atoms with Gasteiger partial charge in [-0.2, -0.15) is 0 Å². The van der Waals surface area contributed by atoms with Crippen LogP contribution in [0.2, 0.25) is 5.02 Å². The predicted molar refractivity (Wildman–Crippen MR) is 120 cm³/mol. The van der Waals surface area contributed by atoms with Gasteiger partial charge < -0.3 is 10.1 Å². The molecule has 162 valence electrons. The highest BCUT2D eigenvalue weighted by atomic mass is 35.5. The Bertz CT molecular complexity index is 1460. The van der Waals surface area contributed by atoms with Gasteiger partial charge >= 0.3 is 5.97 Å². The second kappa shape index (κ2) is 7.95. The van der Waals surface area contributed by atoms with E-state index >= 15 is 0 Å². The Morgan fingerprint density at radius 3 is 2.88 bits per heavy atom. The molecule has 1 aliphatic heterocycles. The molecule has 2 aromatic carbocycles. The number of halogens is 1. The van der Waals surface area contributed by atoms with Crippen LogP contribution in [-0.2, 0) is 28.0 Å². The van der Waals surface area contributed by atoms with Crippen molar-refractivity contribution in [1.82, 2.24) is 19.2 Å². The number of ether oxygens (including phenoxy) is 1. The molecule has 5 rings (SSSR count). The number of nitrogens with zero attached hydrogens (tertiary/aromatic N) is 4. The van der Waals surface area contributed by atoms with Gasteiger partial charge in [-0.15, -0.1) is 22.0 Å². The van der Waals surface area contributed by atoms with Gasteiger partial charge in [0.05, 0.1) is 28.3 Å². The Balaban J connectivity index is 1.34. The number of rotatable bonds is 4. The Morgan fingerprint density at radius 1 is 1.22 bits per heavy atom. The van der Waals surface area contributed by atoms with E-state index in [0.717, 1.165) is 4.90 Å². The lowest BCUT2D eigenvalue weighted by Gasteiger charge is -2.23. The van der Waals surface area contributed by atoms with Crippen molar-refractivity contribution in [2.75, 3.05) is 5.32 Å². The number of aryl methyl sites for hydroxylation is 1. The zero-order valence-corrected chi connectivity index (χ0v) is 18.3. The van der Waals surface area contributed by atoms with Crippen LogP contribution < -0.4 is 10.9 Å². The van der Waals surface area contributed by atoms with Gasteiger partial charge in [-0.1, -0.05) is 23.7 Å². The number of fused-ring (bicyclic) bond motifs is 4. The molecule has 1 unspecified atom stereocenters. The monoisotopic (exact) mass is 469 g/mol. The smallest absolute Gasteiger partial charge is 0.307 e. The first kappa shape index (κ1) is 20.5. The maximum atomic E-state index is 12.5. The molecule has 2 aromatic heterocycles. The Hall–Kier alpha value is -3.37. The molecule has 0 radical (unpaired) electrons. The van der Waals surface area contributed by atoms with Gasteiger partial charge in [0.2, 0.25) is 11.7 Å². The Kier molecular flexibility index (Phi) is 5.10. The standard InChI is InChI=1S/C21H16ClN5O4S/c1-26-20(30)12-4-2-3-5-14(12)27-17(24-25-21(26)27)10-31-18(28)9-16-19(29)23-13-8-11(22)6-7-15(13)32-16/h2-8,16H,9-10H2,1H3,(H,23,29). The fraction of sp³-hybridized carbons (Fsp3) is 0.190. The van der Waals surface area contributed by atoms with E-state index in [9.17, 15) is 14.4 Å². The van der Waals surface area contributed by atoms with E-state index in [-0.39, 0.29) is 24.5 Å². The largest absolute Gasteiger partial charge is 0.457 e. The average molecular weight is 470 g/mol. The van der Waals surface area contributed by atoms with E-state index in [1.165, 1.54) is 16.3 Å². The van der Waals surface area contributed by atoms with Crippen LogP contribution in [-0.4, -0.2) is 36.3 Å². The van der Waals surface area contributed by atoms with Gasteiger partial charge in [0, 0.05) is 17.0 Å². The Morgan fingerprint density at radius 2 is 2.03 bits per heavy atom. The molecule has 9 nitrogen and oxygen atoms in total. The average Bonchev–Trinajstić information content (AvgIpc) is 3.21. The minimum Gasteiger partial charge on any atom is -0.457 e. The first-order valence-electron chi connectivity index (χ1n) is 9.67. The van der Waals surface area contributed by atoms with Crippen molar-refractivity contribution >= 4 is 57.6 Å². The van der Waals surface area contributed by atoms with Crippen molar-refractivity contribution in [3.63, 3.8) is 0 Å². The van der Waals surface area contributed by atoms with Crippen molar-refractivity contribution in [3.8, 4) is 0 Å². The highest BCUT2D eigenvalue weighted by molar-refractivity contribution is 8.01. The minimum atomic E-state index is -0.618. The van der Waals surface area contributed by atoms with Crippen LogP contribution in [0.25, 0.3) is 16.7 Å². The summed E-state index contributed by atoms with van der Waals surface area (Å²) in [5.41, 5.74) is 1.06. The highest BCUT2D eigenvalue weighted by Gasteiger charge is 2.30. The number of carbonyl (C=O) groups is 2. The number of aromatic nitrogens is 4. The maximum absolute atomic E-state index is 12.5. The molecule has 3 heterocycles. The van der Waals surface area contributed by atoms with Crippen molar-refractivity contribution in [2.45, 2.75) is 23.2 Å². The number of carbonyl (C=O) groups excluding carboxylic acids is 2. The molecule has 1 amide bonds. The molecule has 1 N–H and O–H groups in total. The molecular formula is C21H16ClN5O4S. The van der Waals surface area contributed by atoms with Crippen LogP contribution in [0.3, 0.4) is 0 Å². The molecule has 11 heteroatoms. The lowest BCUT2D eigenvalue weighted by atomic mass is 10.2. The molecule has 4 aromatic rings. The van der Waals surface area contributed by atoms with Gasteiger partial charge in [0.1, 0.15) is 0 Å². The first-order chi connectivity index (χ1) is 15.4. The highest BCUT2D eigenvalue weighted by Crippen LogP contribution is 2.38. The van der Waals surface area contributed by atoms with Crippen LogP contribution in [0, 0.1) is 0 Å². The third-order valence-corrected chi connectivity index (χ3v) is 6.68. The lowest BCUT2D eigenvalue weighted by molar-refractivity contribution is -0.146. The molecule has 1 aliphatic rings. The summed E-state index contributed by atoms with van der Waals surface area (Å²) in [5, 5.41) is 11.3. The zero-order chi connectivity index (χ0) is 22.4. The SMILES string of the molecule is Cn1c(=O)c2ccccc2n2c(COC(=O)CC3Sc4ccc(Cl)cc4NC3=O)nnc12. The summed E-state index contributed by atoms with van der Waals surface area (Å²) in [6.45, 7) is -0.145. The van der Waals surface area contributed by atoms with Crippen LogP contribution in [0.15, 0.2) is 52.2 Å². The summed E-state index contributed by atoms with van der Waals surface area (Å²) in [7, 11) is 1.61. The molecule has 0 aliphatic carbocycles. The summed E-state index contributed by atoms with van der Waals surface area (Å²) in [6, 6.07) is 12.3. The second-order valence-electron chi connectivity index (χ2n) is 7.23. The van der Waals surface area contributed by atoms with Crippen LogP contribution in [0.1, 0.15) is 12.2 Å². The minimum absolute atomic E-state index is 0.103. The van der Waals surface area contributed by atoms with E-state index in [1.54, 1.807) is 53.9 Å². The van der Waals surface area contributed by atoms with Crippen LogP contribution in [0.5, 0.6) is 0 Å². The molecule has 0 spiro atoms. The lowest BCUT2D eigenvalue weighted by Crippen LogP contribution is -2.31. The maximum Gasteiger partial charge on any atom is 0.307 e. The van der Waals surface area contributed by atoms with Gasteiger partial charge in [-0.3, -0.25) is 23.4 Å². The predicted octanol–water partition coefficient (Wildman–Crippen LogP) is 2.78. The van der Waals surface area contributed by atoms with Crippen molar-refractivity contribution in [1.29, 1.82) is 0 Å². The number of esters is 1. The van der Waals surface area contributed by atoms with Crippen molar-refractivity contribution < 1.29 is 14.3 Å². The van der Waals surface area contributed by atoms with Crippen molar-refractivity contribution in [3.05, 3.63) is 63.7 Å². The fourth-order valence-electron chi connectivity index (χ4n) is 3.60. The van der Waals surface area contributed by atoms with E-state index < -0.39 is 11.2 Å². The number of amides is 1. The summed E-state index contributed by atoms with van der Waals surface area (Å²) >= 11 is 7.26. The van der Waals surface area contributed by atoms with Crippen LogP contribution >= 0.6 is 23.4 Å². The molecular weight excluding hydrogens is 454 g/mol. The number of hydrogen-bond donors (Lipinski definition) is 1. The number of thioether (sulfide) groups is 1. The molecule has 0 saturated carbocycles. The van der Waals surface area contributed by atoms with E-state index in [0.29, 0.717) is 33.2 Å². The summed E-state index contributed by atoms with van der Waals surface area (Å²) in [6.07, 6.45) is -0.103. The topological polar surface area (TPSA) is 108 Å². The van der Waals surface area contributed by atoms with Gasteiger partial charge in [-0.25, -0.2) is 0 Å². The van der Waals surface area contributed by atoms with Gasteiger partial charge in [0.15, 0.2) is 12.4 Å². The molecule has 1 atom stereocenters. The first-order valence-corrected chi connectivity index (χ1v) is 10.9. The second-order valence-corrected chi connectivity index (χ2v) is 8.91. The molecule has 0 saturated heterocycles. The Labute approximate surface area is 190 Å². The van der Waals surface area contributed by atoms with E-state index in [2.05, 4.69) is 15.5 Å². The summed E-state index contributed by atoms with van der Waals surface area (Å²) in [5.74, 6) is -0.102. The third-order valence-electron chi connectivity index (χ3n) is 5.17. The van der Waals surface area contributed by atoms with E-state index in [4.69, 9.17) is 16.3 Å². The van der Waals surface area contributed by atoms with Gasteiger partial charge in [0.25, 0.3) is 5.56 Å². The summed E-state index contributed by atoms with van der Waals surface area (Å²) in [4.78, 5) is 38.2. The van der Waals surface area contributed by atoms with Crippen molar-refractivity contribution in [2.24, 2.45) is 7.05 Å². The third kappa shape index (κ3) is 3.51. The fourth-order valence-corrected chi connectivity index (χ4v) is 4.85. The number of hydrogen-bond acceptors (Lipinski definition) is 7. The van der Waals surface area contributed by atoms with E-state index in [1.807, 2.05) is 0 Å². The number of anilines is 1. The van der Waals surface area contributed by atoms with Crippen LogP contribution in [0.4, 0.5) is 5.69 Å². The normalized spacial score (nSPS) is 15.6. The number of nitrogens with one attached hydrogen (secondary N) is 1. The zero-order valence-electron chi connectivity index (χ0n) is 16.7. The quantitative estimate of drug-likeness (QED) is 0.458. The number of para-hydroxylation sites is 1. The molecule has 32 heavy (non-hydrogen) atoms. The van der Waals surface area contributed by atoms with Gasteiger partial charge in [-0.05, 0) is 30.3 Å². The molecule has 0 bridgehead atoms. The molecule has 0 fully saturated rings. The number of benzene rings is 2.